The highest BCUT2D eigenvalue weighted by molar-refractivity contribution is 6.42. The summed E-state index contributed by atoms with van der Waals surface area (Å²) in [6.07, 6.45) is 1.80. The molecular formula is C17H17Cl3. The third-order valence-electron chi connectivity index (χ3n) is 3.53. The number of hydrogen-bond acceptors (Lipinski definition) is 0. The van der Waals surface area contributed by atoms with E-state index >= 15 is 0 Å². The summed E-state index contributed by atoms with van der Waals surface area (Å²) in [6, 6.07) is 14.2. The number of aryl methyl sites for hydroxylation is 1. The second-order valence-corrected chi connectivity index (χ2v) is 6.16. The van der Waals surface area contributed by atoms with Gasteiger partial charge in [0.2, 0.25) is 0 Å². The number of hydrogen-bond donors (Lipinski definition) is 0. The molecule has 0 saturated heterocycles. The zero-order valence-corrected chi connectivity index (χ0v) is 13.6. The molecule has 106 valence electrons. The van der Waals surface area contributed by atoms with Gasteiger partial charge in [0.15, 0.2) is 0 Å². The van der Waals surface area contributed by atoms with Crippen molar-refractivity contribution in [2.24, 2.45) is 5.92 Å². The standard InChI is InChI=1S/C17H17Cl3/c1-12-5-2-3-6-14(12)9-13(11-18)10-15-7-4-8-16(19)17(15)20/h2-8,13H,9-11H2,1H3. The Labute approximate surface area is 135 Å². The van der Waals surface area contributed by atoms with E-state index in [1.165, 1.54) is 11.1 Å². The van der Waals surface area contributed by atoms with Gasteiger partial charge in [-0.25, -0.2) is 0 Å². The molecular weight excluding hydrogens is 311 g/mol. The Morgan fingerprint density at radius 2 is 1.55 bits per heavy atom. The number of rotatable bonds is 5. The summed E-state index contributed by atoms with van der Waals surface area (Å²) in [5, 5.41) is 1.25. The molecule has 0 amide bonds. The largest absolute Gasteiger partial charge is 0.126 e. The lowest BCUT2D eigenvalue weighted by atomic mass is 9.92. The Kier molecular flexibility index (Phi) is 5.77. The Morgan fingerprint density at radius 3 is 2.25 bits per heavy atom. The van der Waals surface area contributed by atoms with Gasteiger partial charge in [0, 0.05) is 5.88 Å². The van der Waals surface area contributed by atoms with Crippen LogP contribution in [0.15, 0.2) is 42.5 Å². The molecule has 20 heavy (non-hydrogen) atoms. The van der Waals surface area contributed by atoms with Crippen molar-refractivity contribution in [1.29, 1.82) is 0 Å². The summed E-state index contributed by atoms with van der Waals surface area (Å²) >= 11 is 18.5. The molecule has 0 spiro atoms. The molecule has 3 heteroatoms. The van der Waals surface area contributed by atoms with E-state index in [1.807, 2.05) is 18.2 Å². The average molecular weight is 328 g/mol. The number of alkyl halides is 1. The van der Waals surface area contributed by atoms with Gasteiger partial charge in [-0.3, -0.25) is 0 Å². The maximum absolute atomic E-state index is 6.25. The highest BCUT2D eigenvalue weighted by atomic mass is 35.5. The van der Waals surface area contributed by atoms with Crippen molar-refractivity contribution >= 4 is 34.8 Å². The van der Waals surface area contributed by atoms with Gasteiger partial charge in [0.05, 0.1) is 10.0 Å². The zero-order valence-electron chi connectivity index (χ0n) is 11.4. The van der Waals surface area contributed by atoms with E-state index in [0.29, 0.717) is 21.8 Å². The Balaban J connectivity index is 2.14. The SMILES string of the molecule is Cc1ccccc1CC(CCl)Cc1cccc(Cl)c1Cl. The fraction of sp³-hybridized carbons (Fsp3) is 0.294. The molecule has 0 aliphatic rings. The van der Waals surface area contributed by atoms with Crippen LogP contribution in [0.1, 0.15) is 16.7 Å². The molecule has 1 atom stereocenters. The molecule has 0 saturated carbocycles. The summed E-state index contributed by atoms with van der Waals surface area (Å²) in [6.45, 7) is 2.13. The third-order valence-corrected chi connectivity index (χ3v) is 4.82. The van der Waals surface area contributed by atoms with Crippen molar-refractivity contribution in [3.63, 3.8) is 0 Å². The summed E-state index contributed by atoms with van der Waals surface area (Å²) in [4.78, 5) is 0. The molecule has 2 aromatic rings. The first-order valence-electron chi connectivity index (χ1n) is 6.65. The second-order valence-electron chi connectivity index (χ2n) is 5.07. The zero-order chi connectivity index (χ0) is 14.5. The van der Waals surface area contributed by atoms with Gasteiger partial charge in [0.25, 0.3) is 0 Å². The molecule has 0 bridgehead atoms. The van der Waals surface area contributed by atoms with E-state index < -0.39 is 0 Å². The van der Waals surface area contributed by atoms with Crippen molar-refractivity contribution < 1.29 is 0 Å². The molecule has 0 fully saturated rings. The van der Waals surface area contributed by atoms with Crippen LogP contribution in [0, 0.1) is 12.8 Å². The van der Waals surface area contributed by atoms with Crippen LogP contribution in [0.25, 0.3) is 0 Å². The third kappa shape index (κ3) is 3.91. The first kappa shape index (κ1) is 15.7. The molecule has 0 heterocycles. The first-order valence-corrected chi connectivity index (χ1v) is 7.94. The van der Waals surface area contributed by atoms with E-state index in [1.54, 1.807) is 0 Å². The molecule has 0 aromatic heterocycles. The summed E-state index contributed by atoms with van der Waals surface area (Å²) in [5.74, 6) is 0.964. The minimum Gasteiger partial charge on any atom is -0.126 e. The molecule has 0 N–H and O–H groups in total. The fourth-order valence-corrected chi connectivity index (χ4v) is 2.96. The van der Waals surface area contributed by atoms with E-state index in [0.717, 1.165) is 18.4 Å². The quantitative estimate of drug-likeness (QED) is 0.596. The van der Waals surface area contributed by atoms with Crippen LogP contribution in [0.4, 0.5) is 0 Å². The van der Waals surface area contributed by atoms with Crippen LogP contribution in [0.2, 0.25) is 10.0 Å². The lowest BCUT2D eigenvalue weighted by Gasteiger charge is -2.16. The van der Waals surface area contributed by atoms with Crippen LogP contribution < -0.4 is 0 Å². The summed E-state index contributed by atoms with van der Waals surface area (Å²) in [7, 11) is 0. The molecule has 0 aliphatic carbocycles. The minimum atomic E-state index is 0.355. The lowest BCUT2D eigenvalue weighted by molar-refractivity contribution is 0.582. The highest BCUT2D eigenvalue weighted by Crippen LogP contribution is 2.28. The van der Waals surface area contributed by atoms with Crippen molar-refractivity contribution in [1.82, 2.24) is 0 Å². The van der Waals surface area contributed by atoms with Crippen LogP contribution in [-0.2, 0) is 12.8 Å². The minimum absolute atomic E-state index is 0.355. The van der Waals surface area contributed by atoms with Crippen molar-refractivity contribution in [2.75, 3.05) is 5.88 Å². The summed E-state index contributed by atoms with van der Waals surface area (Å²) < 4.78 is 0. The van der Waals surface area contributed by atoms with Crippen molar-refractivity contribution in [2.45, 2.75) is 19.8 Å². The van der Waals surface area contributed by atoms with Crippen LogP contribution in [0.3, 0.4) is 0 Å². The topological polar surface area (TPSA) is 0 Å². The van der Waals surface area contributed by atoms with E-state index in [2.05, 4.69) is 31.2 Å². The van der Waals surface area contributed by atoms with Gasteiger partial charge >= 0.3 is 0 Å². The molecule has 0 radical (unpaired) electrons. The number of halogens is 3. The summed E-state index contributed by atoms with van der Waals surface area (Å²) in [5.41, 5.74) is 3.72. The molecule has 2 rings (SSSR count). The van der Waals surface area contributed by atoms with Crippen molar-refractivity contribution in [3.05, 3.63) is 69.2 Å². The maximum atomic E-state index is 6.25. The monoisotopic (exact) mass is 326 g/mol. The Hall–Kier alpha value is -0.690. The van der Waals surface area contributed by atoms with Gasteiger partial charge in [-0.2, -0.15) is 0 Å². The highest BCUT2D eigenvalue weighted by Gasteiger charge is 2.14. The van der Waals surface area contributed by atoms with Crippen LogP contribution in [0.5, 0.6) is 0 Å². The Bertz CT molecular complexity index is 578. The number of benzene rings is 2. The van der Waals surface area contributed by atoms with Gasteiger partial charge in [-0.05, 0) is 48.4 Å². The van der Waals surface area contributed by atoms with Gasteiger partial charge in [-0.15, -0.1) is 11.6 Å². The predicted octanol–water partition coefficient (Wildman–Crippen LogP) is 5.94. The smallest absolute Gasteiger partial charge is 0.0624 e. The molecule has 0 aliphatic heterocycles. The van der Waals surface area contributed by atoms with Crippen LogP contribution >= 0.6 is 34.8 Å². The van der Waals surface area contributed by atoms with Gasteiger partial charge in [-0.1, -0.05) is 59.6 Å². The molecule has 1 unspecified atom stereocenters. The van der Waals surface area contributed by atoms with Gasteiger partial charge < -0.3 is 0 Å². The average Bonchev–Trinajstić information content (AvgIpc) is 2.45. The van der Waals surface area contributed by atoms with E-state index in [9.17, 15) is 0 Å². The van der Waals surface area contributed by atoms with Gasteiger partial charge in [0.1, 0.15) is 0 Å². The predicted molar refractivity (Wildman–Crippen MR) is 89.3 cm³/mol. The first-order chi connectivity index (χ1) is 9.61. The normalized spacial score (nSPS) is 12.4. The fourth-order valence-electron chi connectivity index (χ4n) is 2.35. The Morgan fingerprint density at radius 1 is 0.900 bits per heavy atom. The van der Waals surface area contributed by atoms with E-state index in [-0.39, 0.29) is 0 Å². The second kappa shape index (κ2) is 7.36. The lowest BCUT2D eigenvalue weighted by Crippen LogP contribution is -2.11. The molecule has 2 aromatic carbocycles. The van der Waals surface area contributed by atoms with Crippen molar-refractivity contribution in [3.8, 4) is 0 Å². The van der Waals surface area contributed by atoms with Crippen LogP contribution in [-0.4, -0.2) is 5.88 Å². The van der Waals surface area contributed by atoms with E-state index in [4.69, 9.17) is 34.8 Å². The molecule has 0 nitrogen and oxygen atoms in total. The maximum Gasteiger partial charge on any atom is 0.0624 e.